The summed E-state index contributed by atoms with van der Waals surface area (Å²) in [5.41, 5.74) is 0. The smallest absolute Gasteiger partial charge is 0.220 e. The molecule has 3 nitrogen and oxygen atoms in total. The summed E-state index contributed by atoms with van der Waals surface area (Å²) in [4.78, 5) is 11.6. The molecule has 2 heterocycles. The molecule has 0 saturated carbocycles. The van der Waals surface area contributed by atoms with E-state index in [0.29, 0.717) is 17.1 Å². The molecule has 0 aromatic rings. The highest BCUT2D eigenvalue weighted by Gasteiger charge is 2.30. The molecule has 2 fully saturated rings. The van der Waals surface area contributed by atoms with Crippen molar-refractivity contribution in [1.29, 1.82) is 0 Å². The van der Waals surface area contributed by atoms with Gasteiger partial charge < -0.3 is 10.6 Å². The largest absolute Gasteiger partial charge is 0.355 e. The number of nitrogens with one attached hydrogen (secondary N) is 2. The second kappa shape index (κ2) is 4.74. The average molecular weight is 228 g/mol. The zero-order valence-corrected chi connectivity index (χ0v) is 10.2. The maximum Gasteiger partial charge on any atom is 0.220 e. The van der Waals surface area contributed by atoms with Gasteiger partial charge in [-0.1, -0.05) is 0 Å². The van der Waals surface area contributed by atoms with Gasteiger partial charge in [0, 0.05) is 17.7 Å². The van der Waals surface area contributed by atoms with Crippen LogP contribution < -0.4 is 10.6 Å². The molecular formula is C11H20N2OS. The molecule has 2 aliphatic rings. The molecule has 2 saturated heterocycles. The van der Waals surface area contributed by atoms with Crippen LogP contribution in [-0.2, 0) is 4.79 Å². The highest BCUT2D eigenvalue weighted by molar-refractivity contribution is 8.00. The van der Waals surface area contributed by atoms with Gasteiger partial charge in [0.1, 0.15) is 0 Å². The van der Waals surface area contributed by atoms with E-state index < -0.39 is 0 Å². The summed E-state index contributed by atoms with van der Waals surface area (Å²) in [7, 11) is 0. The van der Waals surface area contributed by atoms with E-state index in [-0.39, 0.29) is 5.91 Å². The van der Waals surface area contributed by atoms with E-state index in [9.17, 15) is 4.79 Å². The SMILES string of the molecule is CC1(CNC(=O)CC2CNC2)CCCS1. The topological polar surface area (TPSA) is 41.1 Å². The maximum absolute atomic E-state index is 11.6. The molecule has 0 aromatic carbocycles. The number of amides is 1. The van der Waals surface area contributed by atoms with Crippen LogP contribution in [0.3, 0.4) is 0 Å². The molecule has 0 aromatic heterocycles. The van der Waals surface area contributed by atoms with Gasteiger partial charge in [-0.3, -0.25) is 4.79 Å². The van der Waals surface area contributed by atoms with Gasteiger partial charge in [0.2, 0.25) is 5.91 Å². The van der Waals surface area contributed by atoms with Crippen molar-refractivity contribution in [3.63, 3.8) is 0 Å². The lowest BCUT2D eigenvalue weighted by molar-refractivity contribution is -0.122. The molecule has 0 spiro atoms. The summed E-state index contributed by atoms with van der Waals surface area (Å²) >= 11 is 2.00. The fourth-order valence-electron chi connectivity index (χ4n) is 2.09. The molecule has 0 radical (unpaired) electrons. The lowest BCUT2D eigenvalue weighted by Gasteiger charge is -2.28. The predicted molar refractivity (Wildman–Crippen MR) is 64.1 cm³/mol. The second-order valence-corrected chi connectivity index (χ2v) is 6.59. The van der Waals surface area contributed by atoms with Crippen LogP contribution in [0.1, 0.15) is 26.2 Å². The minimum Gasteiger partial charge on any atom is -0.355 e. The van der Waals surface area contributed by atoms with Gasteiger partial charge in [-0.15, -0.1) is 0 Å². The monoisotopic (exact) mass is 228 g/mol. The van der Waals surface area contributed by atoms with E-state index in [2.05, 4.69) is 17.6 Å². The molecule has 2 aliphatic heterocycles. The first kappa shape index (κ1) is 11.3. The predicted octanol–water partition coefficient (Wildman–Crippen LogP) is 0.998. The minimum atomic E-state index is 0.232. The number of carbonyl (C=O) groups excluding carboxylic acids is 1. The number of hydrogen-bond acceptors (Lipinski definition) is 3. The normalized spacial score (nSPS) is 31.3. The van der Waals surface area contributed by atoms with E-state index in [0.717, 1.165) is 19.6 Å². The Kier molecular flexibility index (Phi) is 3.57. The summed E-state index contributed by atoms with van der Waals surface area (Å²) in [6, 6.07) is 0. The van der Waals surface area contributed by atoms with Crippen molar-refractivity contribution in [2.24, 2.45) is 5.92 Å². The van der Waals surface area contributed by atoms with Crippen molar-refractivity contribution in [2.45, 2.75) is 30.9 Å². The summed E-state index contributed by atoms with van der Waals surface area (Å²) in [6.45, 7) is 5.13. The van der Waals surface area contributed by atoms with Gasteiger partial charge in [-0.05, 0) is 44.5 Å². The average Bonchev–Trinajstić information content (AvgIpc) is 2.57. The van der Waals surface area contributed by atoms with E-state index >= 15 is 0 Å². The Morgan fingerprint density at radius 3 is 2.93 bits per heavy atom. The maximum atomic E-state index is 11.6. The van der Waals surface area contributed by atoms with E-state index in [1.807, 2.05) is 11.8 Å². The van der Waals surface area contributed by atoms with Gasteiger partial charge in [0.05, 0.1) is 0 Å². The van der Waals surface area contributed by atoms with Gasteiger partial charge in [-0.2, -0.15) is 11.8 Å². The molecule has 1 atom stereocenters. The van der Waals surface area contributed by atoms with Crippen LogP contribution in [0.4, 0.5) is 0 Å². The Balaban J connectivity index is 1.65. The zero-order valence-electron chi connectivity index (χ0n) is 9.34. The summed E-state index contributed by atoms with van der Waals surface area (Å²) in [5.74, 6) is 2.06. The highest BCUT2D eigenvalue weighted by atomic mass is 32.2. The second-order valence-electron chi connectivity index (χ2n) is 4.91. The van der Waals surface area contributed by atoms with Gasteiger partial charge in [0.25, 0.3) is 0 Å². The van der Waals surface area contributed by atoms with Crippen LogP contribution in [0, 0.1) is 5.92 Å². The van der Waals surface area contributed by atoms with Crippen LogP contribution in [0.5, 0.6) is 0 Å². The lowest BCUT2D eigenvalue weighted by atomic mass is 9.99. The Hall–Kier alpha value is -0.220. The van der Waals surface area contributed by atoms with Crippen molar-refractivity contribution >= 4 is 17.7 Å². The van der Waals surface area contributed by atoms with Crippen LogP contribution in [0.25, 0.3) is 0 Å². The summed E-state index contributed by atoms with van der Waals surface area (Å²) in [6.07, 6.45) is 3.24. The van der Waals surface area contributed by atoms with Crippen LogP contribution in [0.15, 0.2) is 0 Å². The Morgan fingerprint density at radius 2 is 2.40 bits per heavy atom. The summed E-state index contributed by atoms with van der Waals surface area (Å²) < 4.78 is 0.299. The van der Waals surface area contributed by atoms with Crippen molar-refractivity contribution in [3.8, 4) is 0 Å². The third-order valence-corrected chi connectivity index (χ3v) is 4.84. The quantitative estimate of drug-likeness (QED) is 0.754. The van der Waals surface area contributed by atoms with Crippen molar-refractivity contribution in [2.75, 3.05) is 25.4 Å². The van der Waals surface area contributed by atoms with Crippen LogP contribution >= 0.6 is 11.8 Å². The van der Waals surface area contributed by atoms with Crippen molar-refractivity contribution in [3.05, 3.63) is 0 Å². The molecule has 15 heavy (non-hydrogen) atoms. The van der Waals surface area contributed by atoms with Gasteiger partial charge in [-0.25, -0.2) is 0 Å². The third-order valence-electron chi connectivity index (χ3n) is 3.30. The molecule has 2 rings (SSSR count). The third kappa shape index (κ3) is 3.11. The molecule has 0 bridgehead atoms. The minimum absolute atomic E-state index is 0.232. The van der Waals surface area contributed by atoms with Gasteiger partial charge >= 0.3 is 0 Å². The highest BCUT2D eigenvalue weighted by Crippen LogP contribution is 2.36. The first-order valence-corrected chi connectivity index (χ1v) is 6.78. The molecule has 1 unspecified atom stereocenters. The Labute approximate surface area is 95.8 Å². The van der Waals surface area contributed by atoms with Crippen molar-refractivity contribution in [1.82, 2.24) is 10.6 Å². The standard InChI is InChI=1S/C11H20N2OS/c1-11(3-2-4-15-11)8-13-10(14)5-9-6-12-7-9/h9,12H,2-8H2,1H3,(H,13,14). The number of thioether (sulfide) groups is 1. The first-order chi connectivity index (χ1) is 7.18. The fourth-order valence-corrected chi connectivity index (χ4v) is 3.33. The van der Waals surface area contributed by atoms with Gasteiger partial charge in [0.15, 0.2) is 0 Å². The molecular weight excluding hydrogens is 208 g/mol. The molecule has 0 aliphatic carbocycles. The van der Waals surface area contributed by atoms with Crippen LogP contribution in [-0.4, -0.2) is 36.0 Å². The van der Waals surface area contributed by atoms with E-state index in [1.165, 1.54) is 18.6 Å². The number of carbonyl (C=O) groups is 1. The number of hydrogen-bond donors (Lipinski definition) is 2. The fraction of sp³-hybridized carbons (Fsp3) is 0.909. The number of rotatable bonds is 4. The van der Waals surface area contributed by atoms with E-state index in [4.69, 9.17) is 0 Å². The van der Waals surface area contributed by atoms with Crippen LogP contribution in [0.2, 0.25) is 0 Å². The van der Waals surface area contributed by atoms with E-state index in [1.54, 1.807) is 0 Å². The zero-order chi connectivity index (χ0) is 10.7. The Bertz CT molecular complexity index is 235. The summed E-state index contributed by atoms with van der Waals surface area (Å²) in [5, 5.41) is 6.26. The lowest BCUT2D eigenvalue weighted by Crippen LogP contribution is -2.45. The molecule has 2 N–H and O–H groups in total. The molecule has 1 amide bonds. The molecule has 86 valence electrons. The Morgan fingerprint density at radius 1 is 1.60 bits per heavy atom. The molecule has 4 heteroatoms. The first-order valence-electron chi connectivity index (χ1n) is 5.79. The van der Waals surface area contributed by atoms with Crippen molar-refractivity contribution < 1.29 is 4.79 Å².